The van der Waals surface area contributed by atoms with Gasteiger partial charge in [-0.2, -0.15) is 5.26 Å². The third-order valence-electron chi connectivity index (χ3n) is 3.69. The first kappa shape index (κ1) is 16.1. The van der Waals surface area contributed by atoms with E-state index in [2.05, 4.69) is 11.4 Å². The number of amides is 2. The van der Waals surface area contributed by atoms with E-state index < -0.39 is 0 Å². The van der Waals surface area contributed by atoms with Gasteiger partial charge in [-0.25, -0.2) is 4.79 Å². The standard InChI is InChI=1S/C16H21N3O3/c1-3-19(11-13-5-4-8-22-13)16(20)18-14-9-12(10-17)6-7-15(14)21-2/h6-7,9,13H,3-5,8,11H2,1-2H3,(H,18,20). The number of carbonyl (C=O) groups excluding carboxylic acids is 1. The van der Waals surface area contributed by atoms with Crippen molar-refractivity contribution in [3.8, 4) is 11.8 Å². The molecule has 1 aliphatic rings. The van der Waals surface area contributed by atoms with Gasteiger partial charge in [-0.15, -0.1) is 0 Å². The molecular formula is C16H21N3O3. The highest BCUT2D eigenvalue weighted by molar-refractivity contribution is 5.91. The fourth-order valence-electron chi connectivity index (χ4n) is 2.46. The van der Waals surface area contributed by atoms with Crippen molar-refractivity contribution in [2.45, 2.75) is 25.9 Å². The van der Waals surface area contributed by atoms with Gasteiger partial charge in [-0.1, -0.05) is 0 Å². The molecule has 2 rings (SSSR count). The molecule has 6 heteroatoms. The Morgan fingerprint density at radius 2 is 2.41 bits per heavy atom. The molecule has 0 aromatic heterocycles. The number of hydrogen-bond donors (Lipinski definition) is 1. The van der Waals surface area contributed by atoms with Crippen LogP contribution in [0.15, 0.2) is 18.2 Å². The molecule has 0 bridgehead atoms. The van der Waals surface area contributed by atoms with E-state index in [0.29, 0.717) is 30.1 Å². The molecule has 0 radical (unpaired) electrons. The van der Waals surface area contributed by atoms with Crippen molar-refractivity contribution in [2.75, 3.05) is 32.1 Å². The normalized spacial score (nSPS) is 16.9. The zero-order chi connectivity index (χ0) is 15.9. The highest BCUT2D eigenvalue weighted by Crippen LogP contribution is 2.25. The Hall–Kier alpha value is -2.26. The summed E-state index contributed by atoms with van der Waals surface area (Å²) in [4.78, 5) is 14.1. The molecule has 118 valence electrons. The van der Waals surface area contributed by atoms with Gasteiger partial charge in [-0.3, -0.25) is 0 Å². The lowest BCUT2D eigenvalue weighted by Crippen LogP contribution is -2.40. The lowest BCUT2D eigenvalue weighted by atomic mass is 10.2. The van der Waals surface area contributed by atoms with Gasteiger partial charge in [0.2, 0.25) is 0 Å². The second-order valence-corrected chi connectivity index (χ2v) is 5.13. The first-order chi connectivity index (χ1) is 10.7. The lowest BCUT2D eigenvalue weighted by Gasteiger charge is -2.24. The summed E-state index contributed by atoms with van der Waals surface area (Å²) >= 11 is 0. The molecule has 1 unspecified atom stereocenters. The minimum absolute atomic E-state index is 0.109. The minimum Gasteiger partial charge on any atom is -0.495 e. The minimum atomic E-state index is -0.216. The molecule has 1 N–H and O–H groups in total. The molecule has 22 heavy (non-hydrogen) atoms. The number of ether oxygens (including phenoxy) is 2. The highest BCUT2D eigenvalue weighted by Gasteiger charge is 2.22. The maximum atomic E-state index is 12.4. The maximum Gasteiger partial charge on any atom is 0.322 e. The van der Waals surface area contributed by atoms with Crippen molar-refractivity contribution in [3.05, 3.63) is 23.8 Å². The number of nitrogens with one attached hydrogen (secondary N) is 1. The SMILES string of the molecule is CCN(CC1CCCO1)C(=O)Nc1cc(C#N)ccc1OC. The molecule has 1 aliphatic heterocycles. The van der Waals surface area contributed by atoms with Gasteiger partial charge >= 0.3 is 6.03 Å². The van der Waals surface area contributed by atoms with E-state index in [0.717, 1.165) is 19.4 Å². The summed E-state index contributed by atoms with van der Waals surface area (Å²) in [6.45, 7) is 3.86. The summed E-state index contributed by atoms with van der Waals surface area (Å²) < 4.78 is 10.8. The molecule has 1 saturated heterocycles. The fourth-order valence-corrected chi connectivity index (χ4v) is 2.46. The van der Waals surface area contributed by atoms with Gasteiger partial charge in [0.25, 0.3) is 0 Å². The van der Waals surface area contributed by atoms with E-state index in [4.69, 9.17) is 14.7 Å². The van der Waals surface area contributed by atoms with Crippen LogP contribution in [0.25, 0.3) is 0 Å². The first-order valence-electron chi connectivity index (χ1n) is 7.43. The molecule has 1 heterocycles. The molecule has 1 aromatic carbocycles. The fraction of sp³-hybridized carbons (Fsp3) is 0.500. The first-order valence-corrected chi connectivity index (χ1v) is 7.43. The van der Waals surface area contributed by atoms with Gasteiger partial charge < -0.3 is 19.7 Å². The molecule has 0 aliphatic carbocycles. The van der Waals surface area contributed by atoms with E-state index in [1.165, 1.54) is 7.11 Å². The molecule has 1 atom stereocenters. The number of nitrogens with zero attached hydrogens (tertiary/aromatic N) is 2. The Balaban J connectivity index is 2.07. The van der Waals surface area contributed by atoms with Crippen LogP contribution in [0.3, 0.4) is 0 Å². The number of anilines is 1. The van der Waals surface area contributed by atoms with Crippen LogP contribution in [0, 0.1) is 11.3 Å². The number of likely N-dealkylation sites (N-methyl/N-ethyl adjacent to an activating group) is 1. The molecule has 2 amide bonds. The summed E-state index contributed by atoms with van der Waals surface area (Å²) in [7, 11) is 1.53. The van der Waals surface area contributed by atoms with E-state index in [1.54, 1.807) is 23.1 Å². The lowest BCUT2D eigenvalue weighted by molar-refractivity contribution is 0.0849. The van der Waals surface area contributed by atoms with Crippen molar-refractivity contribution < 1.29 is 14.3 Å². The summed E-state index contributed by atoms with van der Waals surface area (Å²) in [5.74, 6) is 0.528. The summed E-state index contributed by atoms with van der Waals surface area (Å²) in [6.07, 6.45) is 2.14. The second-order valence-electron chi connectivity index (χ2n) is 5.13. The zero-order valence-corrected chi connectivity index (χ0v) is 13.0. The number of hydrogen-bond acceptors (Lipinski definition) is 4. The molecule has 6 nitrogen and oxygen atoms in total. The average molecular weight is 303 g/mol. The average Bonchev–Trinajstić information content (AvgIpc) is 3.05. The smallest absolute Gasteiger partial charge is 0.322 e. The third-order valence-corrected chi connectivity index (χ3v) is 3.69. The Kier molecular flexibility index (Phi) is 5.61. The van der Waals surface area contributed by atoms with Gasteiger partial charge in [-0.05, 0) is 38.0 Å². The van der Waals surface area contributed by atoms with E-state index >= 15 is 0 Å². The van der Waals surface area contributed by atoms with Crippen molar-refractivity contribution in [3.63, 3.8) is 0 Å². The van der Waals surface area contributed by atoms with E-state index in [1.807, 2.05) is 6.92 Å². The van der Waals surface area contributed by atoms with Crippen LogP contribution in [0.1, 0.15) is 25.3 Å². The van der Waals surface area contributed by atoms with Crippen LogP contribution in [-0.2, 0) is 4.74 Å². The number of benzene rings is 1. The maximum absolute atomic E-state index is 12.4. The second kappa shape index (κ2) is 7.66. The van der Waals surface area contributed by atoms with Gasteiger partial charge in [0.1, 0.15) is 5.75 Å². The van der Waals surface area contributed by atoms with Crippen LogP contribution in [0.5, 0.6) is 5.75 Å². The quantitative estimate of drug-likeness (QED) is 0.907. The van der Waals surface area contributed by atoms with Crippen molar-refractivity contribution in [2.24, 2.45) is 0 Å². The predicted molar refractivity (Wildman–Crippen MR) is 82.9 cm³/mol. The number of rotatable bonds is 5. The monoisotopic (exact) mass is 303 g/mol. The van der Waals surface area contributed by atoms with Crippen LogP contribution in [0.4, 0.5) is 10.5 Å². The summed E-state index contributed by atoms with van der Waals surface area (Å²) in [5.41, 5.74) is 0.968. The Labute approximate surface area is 130 Å². The van der Waals surface area contributed by atoms with E-state index in [-0.39, 0.29) is 12.1 Å². The highest BCUT2D eigenvalue weighted by atomic mass is 16.5. The molecule has 0 spiro atoms. The summed E-state index contributed by atoms with van der Waals surface area (Å²) in [6, 6.07) is 6.77. The Morgan fingerprint density at radius 3 is 3.00 bits per heavy atom. The van der Waals surface area contributed by atoms with Gasteiger partial charge in [0.05, 0.1) is 30.5 Å². The molecule has 1 aromatic rings. The number of nitriles is 1. The Bertz CT molecular complexity index is 562. The van der Waals surface area contributed by atoms with Gasteiger partial charge in [0.15, 0.2) is 0 Å². The molecular weight excluding hydrogens is 282 g/mol. The summed E-state index contributed by atoms with van der Waals surface area (Å²) in [5, 5.41) is 11.8. The topological polar surface area (TPSA) is 74.6 Å². The van der Waals surface area contributed by atoms with Gasteiger partial charge in [0, 0.05) is 19.7 Å². The largest absolute Gasteiger partial charge is 0.495 e. The third kappa shape index (κ3) is 3.89. The zero-order valence-electron chi connectivity index (χ0n) is 13.0. The number of methoxy groups -OCH3 is 1. The van der Waals surface area contributed by atoms with Crippen molar-refractivity contribution >= 4 is 11.7 Å². The number of carbonyl (C=O) groups is 1. The predicted octanol–water partition coefficient (Wildman–Crippen LogP) is 2.60. The molecule has 1 fully saturated rings. The number of urea groups is 1. The van der Waals surface area contributed by atoms with Crippen molar-refractivity contribution in [1.29, 1.82) is 5.26 Å². The van der Waals surface area contributed by atoms with E-state index in [9.17, 15) is 4.79 Å². The van der Waals surface area contributed by atoms with Crippen LogP contribution >= 0.6 is 0 Å². The van der Waals surface area contributed by atoms with Crippen LogP contribution < -0.4 is 10.1 Å². The molecule has 0 saturated carbocycles. The van der Waals surface area contributed by atoms with Crippen LogP contribution in [-0.4, -0.2) is 43.8 Å². The Morgan fingerprint density at radius 1 is 1.59 bits per heavy atom. The van der Waals surface area contributed by atoms with Crippen molar-refractivity contribution in [1.82, 2.24) is 4.90 Å². The van der Waals surface area contributed by atoms with Crippen LogP contribution in [0.2, 0.25) is 0 Å².